The summed E-state index contributed by atoms with van der Waals surface area (Å²) in [6.07, 6.45) is 1.92. The molecule has 0 aliphatic heterocycles. The predicted molar refractivity (Wildman–Crippen MR) is 85.7 cm³/mol. The van der Waals surface area contributed by atoms with Gasteiger partial charge in [-0.3, -0.25) is 0 Å². The molecule has 0 fully saturated rings. The highest BCUT2D eigenvalue weighted by Gasteiger charge is 2.07. The number of para-hydroxylation sites is 2. The summed E-state index contributed by atoms with van der Waals surface area (Å²) in [5, 5.41) is 3.96. The molecule has 0 aliphatic rings. The molecule has 0 spiro atoms. The first kappa shape index (κ1) is 14.4. The van der Waals surface area contributed by atoms with Crippen LogP contribution in [-0.2, 0) is 0 Å². The summed E-state index contributed by atoms with van der Waals surface area (Å²) in [7, 11) is 4.00. The van der Waals surface area contributed by atoms with E-state index in [1.54, 1.807) is 6.07 Å². The summed E-state index contributed by atoms with van der Waals surface area (Å²) < 4.78 is 0. The molecule has 2 rings (SSSR count). The van der Waals surface area contributed by atoms with Crippen LogP contribution >= 0.6 is 11.8 Å². The zero-order valence-corrected chi connectivity index (χ0v) is 12.5. The number of rotatable bonds is 5. The van der Waals surface area contributed by atoms with E-state index in [1.807, 2.05) is 49.5 Å². The first-order valence-corrected chi connectivity index (χ1v) is 7.29. The molecule has 2 aromatic rings. The van der Waals surface area contributed by atoms with Gasteiger partial charge in [-0.25, -0.2) is 15.8 Å². The molecule has 1 heterocycles. The number of hydrogen-bond acceptors (Lipinski definition) is 7. The summed E-state index contributed by atoms with van der Waals surface area (Å²) in [6.45, 7) is 0. The standard InChI is InChI=1S/C13H18N6S/c1-19(2)10-7-5-4-6-9(10)15-11-8-12(18-14)17-13(16-11)20-3/h4-8H,14H2,1-3H3,(H2,15,16,17,18). The summed E-state index contributed by atoms with van der Waals surface area (Å²) in [4.78, 5) is 10.7. The van der Waals surface area contributed by atoms with E-state index in [4.69, 9.17) is 5.84 Å². The molecule has 0 unspecified atom stereocenters. The first-order valence-electron chi connectivity index (χ1n) is 6.07. The third kappa shape index (κ3) is 3.31. The molecule has 0 radical (unpaired) electrons. The monoisotopic (exact) mass is 290 g/mol. The van der Waals surface area contributed by atoms with Crippen LogP contribution in [0.5, 0.6) is 0 Å². The number of nitrogens with one attached hydrogen (secondary N) is 2. The van der Waals surface area contributed by atoms with Gasteiger partial charge in [-0.15, -0.1) is 0 Å². The second-order valence-corrected chi connectivity index (χ2v) is 5.08. The van der Waals surface area contributed by atoms with Gasteiger partial charge < -0.3 is 15.6 Å². The van der Waals surface area contributed by atoms with E-state index in [-0.39, 0.29) is 0 Å². The van der Waals surface area contributed by atoms with Crippen molar-refractivity contribution in [1.82, 2.24) is 9.97 Å². The van der Waals surface area contributed by atoms with Crippen molar-refractivity contribution in [2.75, 3.05) is 36.0 Å². The van der Waals surface area contributed by atoms with Crippen LogP contribution in [-0.4, -0.2) is 30.3 Å². The molecule has 0 bridgehead atoms. The molecule has 4 N–H and O–H groups in total. The van der Waals surface area contributed by atoms with Gasteiger partial charge in [0.15, 0.2) is 5.16 Å². The Morgan fingerprint density at radius 1 is 1.15 bits per heavy atom. The highest BCUT2D eigenvalue weighted by molar-refractivity contribution is 7.98. The fourth-order valence-electron chi connectivity index (χ4n) is 1.76. The number of nitrogens with two attached hydrogens (primary N) is 1. The number of hydrogen-bond donors (Lipinski definition) is 3. The maximum absolute atomic E-state index is 5.43. The van der Waals surface area contributed by atoms with Crippen molar-refractivity contribution in [2.24, 2.45) is 5.84 Å². The van der Waals surface area contributed by atoms with Crippen molar-refractivity contribution in [3.63, 3.8) is 0 Å². The molecule has 0 aliphatic carbocycles. The van der Waals surface area contributed by atoms with Crippen LogP contribution in [0.15, 0.2) is 35.5 Å². The maximum atomic E-state index is 5.43. The van der Waals surface area contributed by atoms with Crippen LogP contribution in [0.3, 0.4) is 0 Å². The highest BCUT2D eigenvalue weighted by Crippen LogP contribution is 2.27. The lowest BCUT2D eigenvalue weighted by molar-refractivity contribution is 0.971. The van der Waals surface area contributed by atoms with Crippen molar-refractivity contribution in [3.05, 3.63) is 30.3 Å². The average molecular weight is 290 g/mol. The predicted octanol–water partition coefficient (Wildman–Crippen LogP) is 2.29. The number of anilines is 4. The number of hydrazine groups is 1. The minimum atomic E-state index is 0.578. The molecule has 0 saturated carbocycles. The molecule has 0 saturated heterocycles. The third-order valence-electron chi connectivity index (χ3n) is 2.68. The van der Waals surface area contributed by atoms with Crippen molar-refractivity contribution < 1.29 is 0 Å². The van der Waals surface area contributed by atoms with E-state index in [0.717, 1.165) is 11.4 Å². The Morgan fingerprint density at radius 2 is 1.85 bits per heavy atom. The van der Waals surface area contributed by atoms with Crippen LogP contribution in [0.1, 0.15) is 0 Å². The van der Waals surface area contributed by atoms with Crippen molar-refractivity contribution in [1.29, 1.82) is 0 Å². The lowest BCUT2D eigenvalue weighted by Gasteiger charge is -2.18. The van der Waals surface area contributed by atoms with Gasteiger partial charge in [0.2, 0.25) is 0 Å². The smallest absolute Gasteiger partial charge is 0.191 e. The van der Waals surface area contributed by atoms with E-state index in [2.05, 4.69) is 20.7 Å². The summed E-state index contributed by atoms with van der Waals surface area (Å²) >= 11 is 1.47. The number of nitrogen functional groups attached to an aromatic ring is 1. The van der Waals surface area contributed by atoms with Crippen LogP contribution in [0.2, 0.25) is 0 Å². The van der Waals surface area contributed by atoms with Crippen molar-refractivity contribution in [3.8, 4) is 0 Å². The lowest BCUT2D eigenvalue weighted by Crippen LogP contribution is -2.12. The number of nitrogens with zero attached hydrogens (tertiary/aromatic N) is 3. The second-order valence-electron chi connectivity index (χ2n) is 4.31. The first-order chi connectivity index (χ1) is 9.63. The van der Waals surface area contributed by atoms with Gasteiger partial charge in [-0.05, 0) is 18.4 Å². The molecule has 106 valence electrons. The maximum Gasteiger partial charge on any atom is 0.191 e. The van der Waals surface area contributed by atoms with Crippen LogP contribution < -0.4 is 21.5 Å². The normalized spacial score (nSPS) is 10.2. The van der Waals surface area contributed by atoms with Crippen LogP contribution in [0.4, 0.5) is 23.0 Å². The second kappa shape index (κ2) is 6.44. The Morgan fingerprint density at radius 3 is 2.50 bits per heavy atom. The molecule has 7 heteroatoms. The molecule has 1 aromatic heterocycles. The Labute approximate surface area is 122 Å². The topological polar surface area (TPSA) is 79.1 Å². The van der Waals surface area contributed by atoms with Gasteiger partial charge in [0.25, 0.3) is 0 Å². The van der Waals surface area contributed by atoms with Gasteiger partial charge in [-0.1, -0.05) is 23.9 Å². The molecule has 0 atom stereocenters. The number of benzene rings is 1. The Balaban J connectivity index is 2.34. The van der Waals surface area contributed by atoms with Crippen LogP contribution in [0, 0.1) is 0 Å². The summed E-state index contributed by atoms with van der Waals surface area (Å²) in [5.41, 5.74) is 4.61. The van der Waals surface area contributed by atoms with E-state index < -0.39 is 0 Å². The number of aromatic nitrogens is 2. The van der Waals surface area contributed by atoms with Crippen molar-refractivity contribution in [2.45, 2.75) is 5.16 Å². The molecule has 6 nitrogen and oxygen atoms in total. The summed E-state index contributed by atoms with van der Waals surface area (Å²) in [5.74, 6) is 6.71. The van der Waals surface area contributed by atoms with Gasteiger partial charge in [0.1, 0.15) is 11.6 Å². The zero-order valence-electron chi connectivity index (χ0n) is 11.7. The van der Waals surface area contributed by atoms with Gasteiger partial charge in [0, 0.05) is 20.2 Å². The third-order valence-corrected chi connectivity index (χ3v) is 3.23. The number of thioether (sulfide) groups is 1. The SMILES string of the molecule is CSc1nc(NN)cc(Nc2ccccc2N(C)C)n1. The minimum absolute atomic E-state index is 0.578. The average Bonchev–Trinajstić information content (AvgIpc) is 2.47. The quantitative estimate of drug-likeness (QED) is 0.337. The van der Waals surface area contributed by atoms with E-state index >= 15 is 0 Å². The molecule has 0 amide bonds. The molecule has 20 heavy (non-hydrogen) atoms. The van der Waals surface area contributed by atoms with E-state index in [9.17, 15) is 0 Å². The van der Waals surface area contributed by atoms with E-state index in [1.165, 1.54) is 11.8 Å². The fourth-order valence-corrected chi connectivity index (χ4v) is 2.14. The Kier molecular flexibility index (Phi) is 4.65. The highest BCUT2D eigenvalue weighted by atomic mass is 32.2. The molecule has 1 aromatic carbocycles. The molecular formula is C13H18N6S. The van der Waals surface area contributed by atoms with Gasteiger partial charge in [-0.2, -0.15) is 0 Å². The Bertz CT molecular complexity index is 565. The van der Waals surface area contributed by atoms with E-state index in [0.29, 0.717) is 16.8 Å². The minimum Gasteiger partial charge on any atom is -0.376 e. The fraction of sp³-hybridized carbons (Fsp3) is 0.231. The lowest BCUT2D eigenvalue weighted by atomic mass is 10.2. The van der Waals surface area contributed by atoms with Gasteiger partial charge >= 0.3 is 0 Å². The van der Waals surface area contributed by atoms with Crippen molar-refractivity contribution >= 4 is 34.8 Å². The zero-order chi connectivity index (χ0) is 14.5. The summed E-state index contributed by atoms with van der Waals surface area (Å²) in [6, 6.07) is 9.80. The van der Waals surface area contributed by atoms with Gasteiger partial charge in [0.05, 0.1) is 11.4 Å². The Hall–Kier alpha value is -1.99. The largest absolute Gasteiger partial charge is 0.376 e. The van der Waals surface area contributed by atoms with Crippen LogP contribution in [0.25, 0.3) is 0 Å². The molecular weight excluding hydrogens is 272 g/mol.